The van der Waals surface area contributed by atoms with E-state index >= 15 is 0 Å². The number of amides is 2. The summed E-state index contributed by atoms with van der Waals surface area (Å²) in [6, 6.07) is 0. The Balaban J connectivity index is 1.96. The minimum Gasteiger partial charge on any atom is -0.354 e. The van der Waals surface area contributed by atoms with Crippen LogP contribution >= 0.6 is 0 Å². The summed E-state index contributed by atoms with van der Waals surface area (Å²) >= 11 is 0. The van der Waals surface area contributed by atoms with E-state index in [1.165, 1.54) is 38.5 Å². The Morgan fingerprint density at radius 1 is 1.05 bits per heavy atom. The van der Waals surface area contributed by atoms with Crippen LogP contribution < -0.4 is 10.6 Å². The molecule has 0 radical (unpaired) electrons. The molecule has 0 spiro atoms. The van der Waals surface area contributed by atoms with E-state index in [0.717, 1.165) is 12.3 Å². The van der Waals surface area contributed by atoms with Gasteiger partial charge >= 0.3 is 0 Å². The van der Waals surface area contributed by atoms with Crippen LogP contribution in [0.15, 0.2) is 0 Å². The normalized spacial score (nSPS) is 16.1. The van der Waals surface area contributed by atoms with Crippen molar-refractivity contribution in [3.8, 4) is 0 Å². The van der Waals surface area contributed by atoms with Crippen LogP contribution in [-0.4, -0.2) is 24.9 Å². The molecule has 0 aromatic carbocycles. The summed E-state index contributed by atoms with van der Waals surface area (Å²) < 4.78 is 0. The van der Waals surface area contributed by atoms with Gasteiger partial charge in [0.1, 0.15) is 0 Å². The molecule has 0 aliphatic heterocycles. The van der Waals surface area contributed by atoms with Gasteiger partial charge in [0.15, 0.2) is 0 Å². The molecule has 20 heavy (non-hydrogen) atoms. The van der Waals surface area contributed by atoms with E-state index in [-0.39, 0.29) is 17.7 Å². The van der Waals surface area contributed by atoms with E-state index in [1.807, 2.05) is 13.8 Å². The Kier molecular flexibility index (Phi) is 8.31. The molecule has 0 atom stereocenters. The molecule has 1 aliphatic carbocycles. The van der Waals surface area contributed by atoms with Crippen molar-refractivity contribution in [2.75, 3.05) is 13.1 Å². The summed E-state index contributed by atoms with van der Waals surface area (Å²) in [6.07, 6.45) is 9.63. The van der Waals surface area contributed by atoms with Gasteiger partial charge in [0.05, 0.1) is 0 Å². The highest BCUT2D eigenvalue weighted by Crippen LogP contribution is 2.27. The van der Waals surface area contributed by atoms with Gasteiger partial charge in [-0.1, -0.05) is 46.0 Å². The maximum absolute atomic E-state index is 11.6. The second-order valence-corrected chi connectivity index (χ2v) is 6.19. The molecule has 0 aromatic heterocycles. The lowest BCUT2D eigenvalue weighted by atomic mass is 9.86. The van der Waals surface area contributed by atoms with Gasteiger partial charge in [0.25, 0.3) is 0 Å². The molecule has 4 heteroatoms. The highest BCUT2D eigenvalue weighted by molar-refractivity contribution is 5.78. The van der Waals surface area contributed by atoms with Crippen LogP contribution in [0, 0.1) is 11.8 Å². The van der Waals surface area contributed by atoms with Crippen molar-refractivity contribution >= 4 is 11.8 Å². The van der Waals surface area contributed by atoms with Crippen molar-refractivity contribution in [2.24, 2.45) is 11.8 Å². The molecule has 1 saturated carbocycles. The molecule has 1 fully saturated rings. The Labute approximate surface area is 123 Å². The van der Waals surface area contributed by atoms with E-state index in [4.69, 9.17) is 0 Å². The molecule has 116 valence electrons. The lowest BCUT2D eigenvalue weighted by molar-refractivity contribution is -0.124. The van der Waals surface area contributed by atoms with E-state index in [0.29, 0.717) is 19.5 Å². The summed E-state index contributed by atoms with van der Waals surface area (Å²) in [4.78, 5) is 23.0. The van der Waals surface area contributed by atoms with Crippen LogP contribution in [0.1, 0.15) is 65.2 Å². The van der Waals surface area contributed by atoms with Crippen LogP contribution in [0.2, 0.25) is 0 Å². The Morgan fingerprint density at radius 3 is 2.35 bits per heavy atom. The standard InChI is InChI=1S/C16H30N2O2/c1-13(2)16(20)18-12-11-17-15(19)10-6-9-14-7-4-3-5-8-14/h13-14H,3-12H2,1-2H3,(H,17,19)(H,18,20). The van der Waals surface area contributed by atoms with Gasteiger partial charge in [-0.25, -0.2) is 0 Å². The topological polar surface area (TPSA) is 58.2 Å². The Morgan fingerprint density at radius 2 is 1.70 bits per heavy atom. The van der Waals surface area contributed by atoms with Crippen LogP contribution in [0.4, 0.5) is 0 Å². The number of hydrogen-bond acceptors (Lipinski definition) is 2. The highest BCUT2D eigenvalue weighted by atomic mass is 16.2. The maximum atomic E-state index is 11.6. The van der Waals surface area contributed by atoms with Crippen molar-refractivity contribution in [3.05, 3.63) is 0 Å². The number of carbonyl (C=O) groups excluding carboxylic acids is 2. The molecule has 1 rings (SSSR count). The summed E-state index contributed by atoms with van der Waals surface area (Å²) in [5, 5.41) is 5.65. The zero-order valence-corrected chi connectivity index (χ0v) is 13.0. The molecule has 4 nitrogen and oxygen atoms in total. The minimum absolute atomic E-state index is 0.00111. The van der Waals surface area contributed by atoms with Crippen molar-refractivity contribution in [2.45, 2.75) is 65.2 Å². The third-order valence-corrected chi connectivity index (χ3v) is 4.01. The third kappa shape index (κ3) is 7.51. The van der Waals surface area contributed by atoms with Crippen molar-refractivity contribution in [1.82, 2.24) is 10.6 Å². The quantitative estimate of drug-likeness (QED) is 0.672. The fourth-order valence-corrected chi connectivity index (χ4v) is 2.71. The Bertz CT molecular complexity index is 297. The average molecular weight is 282 g/mol. The predicted molar refractivity (Wildman–Crippen MR) is 81.3 cm³/mol. The third-order valence-electron chi connectivity index (χ3n) is 4.01. The number of nitrogens with one attached hydrogen (secondary N) is 2. The summed E-state index contributed by atoms with van der Waals surface area (Å²) in [5.41, 5.74) is 0. The minimum atomic E-state index is 0.00111. The predicted octanol–water partition coefficient (Wildman–Crippen LogP) is 2.63. The molecule has 2 N–H and O–H groups in total. The average Bonchev–Trinajstić information content (AvgIpc) is 2.44. The Hall–Kier alpha value is -1.06. The van der Waals surface area contributed by atoms with Gasteiger partial charge < -0.3 is 10.6 Å². The smallest absolute Gasteiger partial charge is 0.222 e. The van der Waals surface area contributed by atoms with Gasteiger partial charge in [-0.05, 0) is 18.8 Å². The number of hydrogen-bond donors (Lipinski definition) is 2. The summed E-state index contributed by atoms with van der Waals surface area (Å²) in [7, 11) is 0. The molecule has 2 amide bonds. The molecule has 1 aliphatic rings. The summed E-state index contributed by atoms with van der Waals surface area (Å²) in [6.45, 7) is 4.77. The van der Waals surface area contributed by atoms with E-state index in [9.17, 15) is 9.59 Å². The zero-order chi connectivity index (χ0) is 14.8. The first-order valence-electron chi connectivity index (χ1n) is 8.14. The fraction of sp³-hybridized carbons (Fsp3) is 0.875. The largest absolute Gasteiger partial charge is 0.354 e. The van der Waals surface area contributed by atoms with Crippen LogP contribution in [0.25, 0.3) is 0 Å². The number of carbonyl (C=O) groups is 2. The van der Waals surface area contributed by atoms with E-state index in [1.54, 1.807) is 0 Å². The van der Waals surface area contributed by atoms with E-state index < -0.39 is 0 Å². The number of rotatable bonds is 8. The van der Waals surface area contributed by atoms with Crippen LogP contribution in [0.3, 0.4) is 0 Å². The van der Waals surface area contributed by atoms with Crippen molar-refractivity contribution < 1.29 is 9.59 Å². The lowest BCUT2D eigenvalue weighted by Gasteiger charge is -2.21. The van der Waals surface area contributed by atoms with Crippen molar-refractivity contribution in [3.63, 3.8) is 0 Å². The summed E-state index contributed by atoms with van der Waals surface area (Å²) in [5.74, 6) is 0.999. The second-order valence-electron chi connectivity index (χ2n) is 6.19. The first kappa shape index (κ1) is 17.0. The van der Waals surface area contributed by atoms with Crippen LogP contribution in [0.5, 0.6) is 0 Å². The van der Waals surface area contributed by atoms with Gasteiger partial charge in [0.2, 0.25) is 11.8 Å². The molecule has 0 aromatic rings. The van der Waals surface area contributed by atoms with E-state index in [2.05, 4.69) is 10.6 Å². The maximum Gasteiger partial charge on any atom is 0.222 e. The lowest BCUT2D eigenvalue weighted by Crippen LogP contribution is -2.36. The second kappa shape index (κ2) is 9.78. The van der Waals surface area contributed by atoms with Gasteiger partial charge in [-0.3, -0.25) is 9.59 Å². The molecule has 0 heterocycles. The zero-order valence-electron chi connectivity index (χ0n) is 13.0. The van der Waals surface area contributed by atoms with Crippen LogP contribution in [-0.2, 0) is 9.59 Å². The van der Waals surface area contributed by atoms with Gasteiger partial charge in [-0.2, -0.15) is 0 Å². The first-order chi connectivity index (χ1) is 9.59. The first-order valence-corrected chi connectivity index (χ1v) is 8.14. The fourth-order valence-electron chi connectivity index (χ4n) is 2.71. The molecule has 0 bridgehead atoms. The molecule has 0 unspecified atom stereocenters. The highest BCUT2D eigenvalue weighted by Gasteiger charge is 2.13. The van der Waals surface area contributed by atoms with Gasteiger partial charge in [0, 0.05) is 25.4 Å². The SMILES string of the molecule is CC(C)C(=O)NCCNC(=O)CCCC1CCCCC1. The van der Waals surface area contributed by atoms with Crippen molar-refractivity contribution in [1.29, 1.82) is 0 Å². The molecular formula is C16H30N2O2. The van der Waals surface area contributed by atoms with Gasteiger partial charge in [-0.15, -0.1) is 0 Å². The molecular weight excluding hydrogens is 252 g/mol. The molecule has 0 saturated heterocycles. The monoisotopic (exact) mass is 282 g/mol.